The summed E-state index contributed by atoms with van der Waals surface area (Å²) in [5, 5.41) is 10.00. The van der Waals surface area contributed by atoms with Gasteiger partial charge >= 0.3 is 0 Å². The number of halogens is 1. The standard InChI is InChI=1S/C5H6ClNS/c1-2-8-4-5(6)3-7/h4H,2H2,1H3. The molecule has 0 aliphatic carbocycles. The van der Waals surface area contributed by atoms with Crippen LogP contribution in [0.4, 0.5) is 0 Å². The molecular formula is C5H6ClNS. The number of thioether (sulfide) groups is 1. The maximum Gasteiger partial charge on any atom is 0.124 e. The largest absolute Gasteiger partial charge is 0.191 e. The molecule has 0 rings (SSSR count). The molecule has 0 saturated carbocycles. The SMILES string of the molecule is CCSC=C(Cl)C#N. The summed E-state index contributed by atoms with van der Waals surface area (Å²) in [4.78, 5) is 0. The summed E-state index contributed by atoms with van der Waals surface area (Å²) < 4.78 is 0. The topological polar surface area (TPSA) is 23.8 Å². The van der Waals surface area contributed by atoms with Gasteiger partial charge in [0.1, 0.15) is 11.1 Å². The van der Waals surface area contributed by atoms with E-state index in [2.05, 4.69) is 0 Å². The maximum atomic E-state index is 8.10. The van der Waals surface area contributed by atoms with Crippen molar-refractivity contribution in [2.45, 2.75) is 6.92 Å². The van der Waals surface area contributed by atoms with Gasteiger partial charge in [0.05, 0.1) is 0 Å². The van der Waals surface area contributed by atoms with Gasteiger partial charge in [0.2, 0.25) is 0 Å². The smallest absolute Gasteiger partial charge is 0.124 e. The fourth-order valence-corrected chi connectivity index (χ4v) is 0.738. The van der Waals surface area contributed by atoms with Crippen molar-refractivity contribution in [2.75, 3.05) is 5.75 Å². The van der Waals surface area contributed by atoms with Crippen molar-refractivity contribution >= 4 is 23.4 Å². The molecule has 0 fully saturated rings. The van der Waals surface area contributed by atoms with E-state index >= 15 is 0 Å². The Kier molecular flexibility index (Phi) is 4.93. The molecule has 0 aromatic heterocycles. The third kappa shape index (κ3) is 4.04. The van der Waals surface area contributed by atoms with Crippen molar-refractivity contribution < 1.29 is 0 Å². The van der Waals surface area contributed by atoms with Gasteiger partial charge < -0.3 is 0 Å². The van der Waals surface area contributed by atoms with E-state index in [9.17, 15) is 0 Å². The minimum atomic E-state index is 0.261. The third-order valence-corrected chi connectivity index (χ3v) is 1.52. The minimum absolute atomic E-state index is 0.261. The second kappa shape index (κ2) is 5.02. The van der Waals surface area contributed by atoms with Crippen LogP contribution in [0.3, 0.4) is 0 Å². The Bertz CT molecular complexity index is 125. The fraction of sp³-hybridized carbons (Fsp3) is 0.400. The van der Waals surface area contributed by atoms with Crippen LogP contribution in [-0.2, 0) is 0 Å². The van der Waals surface area contributed by atoms with Crippen LogP contribution in [0.25, 0.3) is 0 Å². The normalized spacial score (nSPS) is 10.9. The van der Waals surface area contributed by atoms with Crippen LogP contribution < -0.4 is 0 Å². The lowest BCUT2D eigenvalue weighted by Gasteiger charge is -1.81. The number of hydrogen-bond acceptors (Lipinski definition) is 2. The van der Waals surface area contributed by atoms with Crippen LogP contribution in [0.1, 0.15) is 6.92 Å². The zero-order chi connectivity index (χ0) is 6.41. The van der Waals surface area contributed by atoms with Crippen molar-refractivity contribution in [3.63, 3.8) is 0 Å². The Morgan fingerprint density at radius 3 is 3.00 bits per heavy atom. The van der Waals surface area contributed by atoms with Gasteiger partial charge in [-0.1, -0.05) is 18.5 Å². The molecule has 1 nitrogen and oxygen atoms in total. The zero-order valence-corrected chi connectivity index (χ0v) is 6.09. The van der Waals surface area contributed by atoms with Gasteiger partial charge in [-0.2, -0.15) is 5.26 Å². The summed E-state index contributed by atoms with van der Waals surface area (Å²) in [6.45, 7) is 2.00. The second-order valence-corrected chi connectivity index (χ2v) is 2.59. The molecule has 3 heteroatoms. The summed E-state index contributed by atoms with van der Waals surface area (Å²) in [6.07, 6.45) is 0. The van der Waals surface area contributed by atoms with E-state index in [0.717, 1.165) is 5.75 Å². The Balaban J connectivity index is 3.46. The summed E-state index contributed by atoms with van der Waals surface area (Å²) in [7, 11) is 0. The molecule has 0 aromatic carbocycles. The maximum absolute atomic E-state index is 8.10. The van der Waals surface area contributed by atoms with Gasteiger partial charge in [-0.15, -0.1) is 11.8 Å². The number of hydrogen-bond donors (Lipinski definition) is 0. The zero-order valence-electron chi connectivity index (χ0n) is 4.52. The molecule has 0 radical (unpaired) electrons. The van der Waals surface area contributed by atoms with E-state index in [1.54, 1.807) is 11.5 Å². The Morgan fingerprint density at radius 1 is 2.00 bits per heavy atom. The molecule has 44 valence electrons. The van der Waals surface area contributed by atoms with Crippen LogP contribution in [0.15, 0.2) is 10.4 Å². The summed E-state index contributed by atoms with van der Waals surface area (Å²) in [5.74, 6) is 0.956. The highest BCUT2D eigenvalue weighted by atomic mass is 35.5. The lowest BCUT2D eigenvalue weighted by molar-refractivity contribution is 1.52. The van der Waals surface area contributed by atoms with Gasteiger partial charge in [0, 0.05) is 5.41 Å². The lowest BCUT2D eigenvalue weighted by Crippen LogP contribution is -1.61. The Morgan fingerprint density at radius 2 is 2.62 bits per heavy atom. The number of allylic oxidation sites excluding steroid dienone is 1. The molecule has 0 aromatic rings. The molecule has 0 N–H and O–H groups in total. The van der Waals surface area contributed by atoms with Gasteiger partial charge in [-0.3, -0.25) is 0 Å². The third-order valence-electron chi connectivity index (χ3n) is 0.460. The predicted octanol–water partition coefficient (Wildman–Crippen LogP) is 2.34. The molecule has 0 atom stereocenters. The van der Waals surface area contributed by atoms with Crippen molar-refractivity contribution in [3.8, 4) is 6.07 Å². The first-order chi connectivity index (χ1) is 3.81. The average Bonchev–Trinajstić information content (AvgIpc) is 1.83. The Hall–Kier alpha value is -0.130. The van der Waals surface area contributed by atoms with E-state index < -0.39 is 0 Å². The first-order valence-electron chi connectivity index (χ1n) is 2.18. The van der Waals surface area contributed by atoms with E-state index in [4.69, 9.17) is 16.9 Å². The molecule has 0 heterocycles. The number of nitrogens with zero attached hydrogens (tertiary/aromatic N) is 1. The van der Waals surface area contributed by atoms with Gasteiger partial charge in [-0.25, -0.2) is 0 Å². The molecule has 0 saturated heterocycles. The Labute approximate surface area is 58.3 Å². The molecule has 0 spiro atoms. The lowest BCUT2D eigenvalue weighted by atomic mass is 10.7. The highest BCUT2D eigenvalue weighted by molar-refractivity contribution is 8.02. The summed E-state index contributed by atoms with van der Waals surface area (Å²) in [6, 6.07) is 1.81. The van der Waals surface area contributed by atoms with Crippen molar-refractivity contribution in [1.82, 2.24) is 0 Å². The van der Waals surface area contributed by atoms with Crippen LogP contribution in [0, 0.1) is 11.3 Å². The van der Waals surface area contributed by atoms with Gasteiger partial charge in [0.25, 0.3) is 0 Å². The predicted molar refractivity (Wildman–Crippen MR) is 37.7 cm³/mol. The molecule has 0 amide bonds. The van der Waals surface area contributed by atoms with Crippen LogP contribution >= 0.6 is 23.4 Å². The quantitative estimate of drug-likeness (QED) is 0.560. The van der Waals surface area contributed by atoms with Crippen molar-refractivity contribution in [3.05, 3.63) is 10.4 Å². The molecule has 8 heavy (non-hydrogen) atoms. The summed E-state index contributed by atoms with van der Waals surface area (Å²) in [5.41, 5.74) is 0. The molecule has 0 aliphatic heterocycles. The van der Waals surface area contributed by atoms with Crippen molar-refractivity contribution in [1.29, 1.82) is 5.26 Å². The first kappa shape index (κ1) is 7.87. The van der Waals surface area contributed by atoms with Gasteiger partial charge in [0.15, 0.2) is 0 Å². The minimum Gasteiger partial charge on any atom is -0.191 e. The fourth-order valence-electron chi connectivity index (χ4n) is 0.183. The van der Waals surface area contributed by atoms with E-state index in [1.165, 1.54) is 11.8 Å². The van der Waals surface area contributed by atoms with Crippen molar-refractivity contribution in [2.24, 2.45) is 0 Å². The van der Waals surface area contributed by atoms with Crippen LogP contribution in [-0.4, -0.2) is 5.75 Å². The van der Waals surface area contributed by atoms with E-state index in [1.807, 2.05) is 6.92 Å². The second-order valence-electron chi connectivity index (χ2n) is 1.03. The molecule has 0 aliphatic rings. The van der Waals surface area contributed by atoms with E-state index in [0.29, 0.717) is 0 Å². The molecular weight excluding hydrogens is 142 g/mol. The summed E-state index contributed by atoms with van der Waals surface area (Å²) >= 11 is 6.85. The molecule has 0 bridgehead atoms. The van der Waals surface area contributed by atoms with Crippen LogP contribution in [0.5, 0.6) is 0 Å². The van der Waals surface area contributed by atoms with Gasteiger partial charge in [-0.05, 0) is 5.75 Å². The number of nitriles is 1. The number of rotatable bonds is 2. The van der Waals surface area contributed by atoms with Crippen LogP contribution in [0.2, 0.25) is 0 Å². The highest BCUT2D eigenvalue weighted by Gasteiger charge is 1.82. The van der Waals surface area contributed by atoms with E-state index in [-0.39, 0.29) is 5.03 Å². The molecule has 0 unspecified atom stereocenters. The average molecular weight is 148 g/mol. The highest BCUT2D eigenvalue weighted by Crippen LogP contribution is 2.08. The first-order valence-corrected chi connectivity index (χ1v) is 3.61. The monoisotopic (exact) mass is 147 g/mol.